The van der Waals surface area contributed by atoms with E-state index in [1.807, 2.05) is 0 Å². The van der Waals surface area contributed by atoms with Gasteiger partial charge in [-0.2, -0.15) is 0 Å². The average molecular weight is 318 g/mol. The maximum atomic E-state index is 12.6. The van der Waals surface area contributed by atoms with Crippen LogP contribution in [0.25, 0.3) is 0 Å². The molecule has 1 atom stereocenters. The van der Waals surface area contributed by atoms with Gasteiger partial charge in [-0.25, -0.2) is 0 Å². The largest absolute Gasteiger partial charge is 0.496 e. The molecule has 0 aliphatic carbocycles. The van der Waals surface area contributed by atoms with Crippen molar-refractivity contribution in [1.82, 2.24) is 0 Å². The minimum atomic E-state index is -0.516. The van der Waals surface area contributed by atoms with Gasteiger partial charge in [0.25, 0.3) is 0 Å². The highest BCUT2D eigenvalue weighted by Crippen LogP contribution is 2.26. The Morgan fingerprint density at radius 2 is 1.74 bits per heavy atom. The molecule has 124 valence electrons. The van der Waals surface area contributed by atoms with Crippen LogP contribution in [0, 0.1) is 5.92 Å². The second-order valence-electron chi connectivity index (χ2n) is 5.61. The number of carbonyl (C=O) groups excluding carboxylic acids is 4. The van der Waals surface area contributed by atoms with E-state index in [0.29, 0.717) is 12.2 Å². The van der Waals surface area contributed by atoms with Crippen LogP contribution in [0.15, 0.2) is 18.2 Å². The van der Waals surface area contributed by atoms with Crippen molar-refractivity contribution in [3.8, 4) is 5.75 Å². The van der Waals surface area contributed by atoms with Crippen LogP contribution in [0.2, 0.25) is 0 Å². The maximum absolute atomic E-state index is 12.6. The highest BCUT2D eigenvalue weighted by Gasteiger charge is 2.24. The lowest BCUT2D eigenvalue weighted by molar-refractivity contribution is -0.121. The lowest BCUT2D eigenvalue weighted by atomic mass is 9.88. The quantitative estimate of drug-likeness (QED) is 0.654. The van der Waals surface area contributed by atoms with Gasteiger partial charge in [-0.1, -0.05) is 12.1 Å². The second kappa shape index (κ2) is 8.36. The van der Waals surface area contributed by atoms with E-state index >= 15 is 0 Å². The molecular formula is C18H22O5. The molecule has 1 rings (SSSR count). The van der Waals surface area contributed by atoms with Crippen molar-refractivity contribution in [1.29, 1.82) is 0 Å². The third-order valence-corrected chi connectivity index (χ3v) is 3.75. The first-order chi connectivity index (χ1) is 10.8. The third kappa shape index (κ3) is 5.13. The molecule has 0 radical (unpaired) electrons. The second-order valence-corrected chi connectivity index (χ2v) is 5.61. The first-order valence-electron chi connectivity index (χ1n) is 7.49. The molecule has 0 saturated carbocycles. The zero-order valence-corrected chi connectivity index (χ0v) is 14.0. The van der Waals surface area contributed by atoms with E-state index < -0.39 is 5.92 Å². The fraction of sp³-hybridized carbons (Fsp3) is 0.444. The van der Waals surface area contributed by atoms with Crippen molar-refractivity contribution < 1.29 is 23.9 Å². The summed E-state index contributed by atoms with van der Waals surface area (Å²) in [6, 6.07) is 4.81. The molecule has 0 amide bonds. The Balaban J connectivity index is 3.06. The molecule has 1 aromatic carbocycles. The van der Waals surface area contributed by atoms with Gasteiger partial charge < -0.3 is 9.53 Å². The minimum Gasteiger partial charge on any atom is -0.496 e. The molecule has 0 heterocycles. The number of hydrogen-bond acceptors (Lipinski definition) is 5. The molecule has 0 aromatic heterocycles. The summed E-state index contributed by atoms with van der Waals surface area (Å²) in [6.45, 7) is 4.23. The standard InChI is InChI=1S/C18H22O5/c1-11(19)8-9-14(12(2)20)10-16(22)15-6-5-7-17(23-4)18(15)13(3)21/h5-7,14H,8-10H2,1-4H3. The van der Waals surface area contributed by atoms with Crippen LogP contribution in [0.4, 0.5) is 0 Å². The molecule has 0 fully saturated rings. The van der Waals surface area contributed by atoms with E-state index in [1.54, 1.807) is 18.2 Å². The summed E-state index contributed by atoms with van der Waals surface area (Å²) in [4.78, 5) is 47.2. The normalized spacial score (nSPS) is 11.7. The number of carbonyl (C=O) groups is 4. The Hall–Kier alpha value is -2.30. The van der Waals surface area contributed by atoms with Crippen molar-refractivity contribution in [3.63, 3.8) is 0 Å². The topological polar surface area (TPSA) is 77.5 Å². The van der Waals surface area contributed by atoms with Crippen LogP contribution in [-0.2, 0) is 9.59 Å². The van der Waals surface area contributed by atoms with Crippen LogP contribution in [0.3, 0.4) is 0 Å². The molecule has 0 spiro atoms. The van der Waals surface area contributed by atoms with Crippen molar-refractivity contribution in [2.24, 2.45) is 5.92 Å². The SMILES string of the molecule is COc1cccc(C(=O)CC(CCC(C)=O)C(C)=O)c1C(C)=O. The summed E-state index contributed by atoms with van der Waals surface area (Å²) in [5.41, 5.74) is 0.486. The van der Waals surface area contributed by atoms with Gasteiger partial charge in [0.05, 0.1) is 12.7 Å². The van der Waals surface area contributed by atoms with Gasteiger partial charge in [-0.15, -0.1) is 0 Å². The van der Waals surface area contributed by atoms with Crippen LogP contribution in [0.1, 0.15) is 60.7 Å². The number of ketones is 4. The van der Waals surface area contributed by atoms with E-state index in [1.165, 1.54) is 27.9 Å². The molecule has 0 N–H and O–H groups in total. The Morgan fingerprint density at radius 1 is 1.09 bits per heavy atom. The zero-order valence-electron chi connectivity index (χ0n) is 14.0. The van der Waals surface area contributed by atoms with Crippen molar-refractivity contribution in [3.05, 3.63) is 29.3 Å². The number of rotatable bonds is 9. The third-order valence-electron chi connectivity index (χ3n) is 3.75. The summed E-state index contributed by atoms with van der Waals surface area (Å²) >= 11 is 0. The Kier molecular flexibility index (Phi) is 6.82. The van der Waals surface area contributed by atoms with Crippen LogP contribution in [-0.4, -0.2) is 30.2 Å². The first-order valence-corrected chi connectivity index (χ1v) is 7.49. The predicted octanol–water partition coefficient (Wildman–Crippen LogP) is 3.05. The smallest absolute Gasteiger partial charge is 0.164 e. The molecule has 5 heteroatoms. The van der Waals surface area contributed by atoms with Crippen molar-refractivity contribution in [2.75, 3.05) is 7.11 Å². The van der Waals surface area contributed by atoms with E-state index in [0.717, 1.165) is 0 Å². The summed E-state index contributed by atoms with van der Waals surface area (Å²) < 4.78 is 5.14. The number of hydrogen-bond donors (Lipinski definition) is 0. The van der Waals surface area contributed by atoms with Gasteiger partial charge in [-0.3, -0.25) is 14.4 Å². The van der Waals surface area contributed by atoms with Crippen molar-refractivity contribution >= 4 is 23.1 Å². The number of benzene rings is 1. The Morgan fingerprint density at radius 3 is 2.22 bits per heavy atom. The minimum absolute atomic E-state index is 0.0178. The molecule has 0 bridgehead atoms. The molecule has 0 aliphatic rings. The van der Waals surface area contributed by atoms with E-state index in [2.05, 4.69) is 0 Å². The molecule has 0 aliphatic heterocycles. The number of Topliss-reactive ketones (excluding diaryl/α,β-unsaturated/α-hetero) is 4. The molecule has 1 aromatic rings. The fourth-order valence-corrected chi connectivity index (χ4v) is 2.46. The summed E-state index contributed by atoms with van der Waals surface area (Å²) in [5, 5.41) is 0. The number of ether oxygens (including phenoxy) is 1. The first kappa shape index (κ1) is 18.7. The van der Waals surface area contributed by atoms with Gasteiger partial charge in [0.1, 0.15) is 17.3 Å². The van der Waals surface area contributed by atoms with Gasteiger partial charge >= 0.3 is 0 Å². The van der Waals surface area contributed by atoms with Crippen LogP contribution >= 0.6 is 0 Å². The van der Waals surface area contributed by atoms with Crippen LogP contribution in [0.5, 0.6) is 5.75 Å². The zero-order chi connectivity index (χ0) is 17.6. The Labute approximate surface area is 136 Å². The lowest BCUT2D eigenvalue weighted by Crippen LogP contribution is -2.19. The molecule has 5 nitrogen and oxygen atoms in total. The molecule has 1 unspecified atom stereocenters. The van der Waals surface area contributed by atoms with E-state index in [-0.39, 0.29) is 47.1 Å². The fourth-order valence-electron chi connectivity index (χ4n) is 2.46. The number of methoxy groups -OCH3 is 1. The van der Waals surface area contributed by atoms with Crippen molar-refractivity contribution in [2.45, 2.75) is 40.0 Å². The summed E-state index contributed by atoms with van der Waals surface area (Å²) in [5.74, 6) is -0.892. The van der Waals surface area contributed by atoms with E-state index in [4.69, 9.17) is 4.74 Å². The summed E-state index contributed by atoms with van der Waals surface area (Å²) in [7, 11) is 1.43. The van der Waals surface area contributed by atoms with Gasteiger partial charge in [0.2, 0.25) is 0 Å². The van der Waals surface area contributed by atoms with E-state index in [9.17, 15) is 19.2 Å². The molecule has 0 saturated heterocycles. The molecular weight excluding hydrogens is 296 g/mol. The maximum Gasteiger partial charge on any atom is 0.164 e. The van der Waals surface area contributed by atoms with Gasteiger partial charge in [-0.05, 0) is 33.3 Å². The highest BCUT2D eigenvalue weighted by molar-refractivity contribution is 6.10. The van der Waals surface area contributed by atoms with Gasteiger partial charge in [0.15, 0.2) is 11.6 Å². The predicted molar refractivity (Wildman–Crippen MR) is 86.0 cm³/mol. The average Bonchev–Trinajstić information content (AvgIpc) is 2.49. The molecule has 23 heavy (non-hydrogen) atoms. The monoisotopic (exact) mass is 318 g/mol. The summed E-state index contributed by atoms with van der Waals surface area (Å²) in [6.07, 6.45) is 0.584. The lowest BCUT2D eigenvalue weighted by Gasteiger charge is -2.15. The van der Waals surface area contributed by atoms with Crippen LogP contribution < -0.4 is 4.74 Å². The Bertz CT molecular complexity index is 630. The highest BCUT2D eigenvalue weighted by atomic mass is 16.5. The van der Waals surface area contributed by atoms with Gasteiger partial charge in [0, 0.05) is 24.3 Å².